The number of phenols is 1. The quantitative estimate of drug-likeness (QED) is 0.222. The molecule has 2 aliphatic carbocycles. The summed E-state index contributed by atoms with van der Waals surface area (Å²) in [6, 6.07) is 10.2. The summed E-state index contributed by atoms with van der Waals surface area (Å²) >= 11 is 15.9. The van der Waals surface area contributed by atoms with Crippen LogP contribution in [0, 0.1) is 23.7 Å². The van der Waals surface area contributed by atoms with E-state index >= 15 is 4.79 Å². The fraction of sp³-hybridized carbons (Fsp3) is 0.324. The third kappa shape index (κ3) is 4.93. The molecule has 3 heterocycles. The number of methoxy groups -OCH3 is 1. The Balaban J connectivity index is 1.47. The topological polar surface area (TPSA) is 129 Å². The molecule has 10 nitrogen and oxygen atoms in total. The highest BCUT2D eigenvalue weighted by Crippen LogP contribution is 2.64. The summed E-state index contributed by atoms with van der Waals surface area (Å²) in [4.78, 5) is 61.5. The Labute approximate surface area is 301 Å². The number of hydrazine groups is 1. The van der Waals surface area contributed by atoms with Crippen molar-refractivity contribution in [3.63, 3.8) is 0 Å². The standard InChI is InChI=1S/C34H26BrCl2F3N4O6/c1-43-29(46)19-8-7-18-20(25(19)31(43)48)12-21-30(47)44(42-28-23(37)11-16(13-41-28)34(38,39)40)32(49)33(21,15-3-5-17(36)6-4-15)26(18)14-9-22(35)27(45)24(10-14)50-2/h3-7,9-11,13,19-21,25-26,45H,8,12H2,1-2H3,(H,41,42)/t19-,20+,21-,25-,26-,33+/m0/s1. The summed E-state index contributed by atoms with van der Waals surface area (Å²) in [6.45, 7) is 0. The van der Waals surface area contributed by atoms with Crippen molar-refractivity contribution in [1.29, 1.82) is 0 Å². The van der Waals surface area contributed by atoms with E-state index in [1.165, 1.54) is 14.2 Å². The second-order valence-corrected chi connectivity index (χ2v) is 14.4. The number of carbonyl (C=O) groups excluding carboxylic acids is 4. The van der Waals surface area contributed by atoms with Crippen molar-refractivity contribution < 1.29 is 42.2 Å². The number of nitrogens with zero attached hydrogens (tertiary/aromatic N) is 3. The van der Waals surface area contributed by atoms with Crippen LogP contribution in [0.25, 0.3) is 0 Å². The zero-order valence-corrected chi connectivity index (χ0v) is 29.2. The molecular formula is C34H26BrCl2F3N4O6. The Kier molecular flexibility index (Phi) is 8.22. The minimum Gasteiger partial charge on any atom is -0.503 e. The zero-order valence-electron chi connectivity index (χ0n) is 26.1. The number of benzene rings is 2. The largest absolute Gasteiger partial charge is 0.503 e. The number of amides is 4. The van der Waals surface area contributed by atoms with Gasteiger partial charge in [0.05, 0.1) is 45.3 Å². The molecule has 0 radical (unpaired) electrons. The van der Waals surface area contributed by atoms with Crippen molar-refractivity contribution in [2.24, 2.45) is 23.7 Å². The van der Waals surface area contributed by atoms with Gasteiger partial charge in [0.25, 0.3) is 11.8 Å². The molecule has 0 unspecified atom stereocenters. The van der Waals surface area contributed by atoms with Crippen molar-refractivity contribution in [3.8, 4) is 11.5 Å². The highest BCUT2D eigenvalue weighted by Gasteiger charge is 2.70. The molecule has 3 fully saturated rings. The van der Waals surface area contributed by atoms with Crippen LogP contribution >= 0.6 is 39.1 Å². The Hall–Kier alpha value is -4.14. The number of allylic oxidation sites excluding steroid dienone is 2. The van der Waals surface area contributed by atoms with E-state index in [1.54, 1.807) is 36.4 Å². The minimum atomic E-state index is -4.75. The highest BCUT2D eigenvalue weighted by molar-refractivity contribution is 9.10. The number of aromatic nitrogens is 1. The number of hydrogen-bond acceptors (Lipinski definition) is 8. The first-order valence-electron chi connectivity index (χ1n) is 15.3. The van der Waals surface area contributed by atoms with Crippen molar-refractivity contribution in [2.45, 2.75) is 30.4 Å². The highest BCUT2D eigenvalue weighted by atomic mass is 79.9. The van der Waals surface area contributed by atoms with E-state index in [4.69, 9.17) is 27.9 Å². The number of ether oxygens (including phenoxy) is 1. The summed E-state index contributed by atoms with van der Waals surface area (Å²) in [5.74, 6) is -7.05. The van der Waals surface area contributed by atoms with Crippen LogP contribution in [-0.4, -0.2) is 57.8 Å². The number of anilines is 1. The lowest BCUT2D eigenvalue weighted by atomic mass is 9.49. The lowest BCUT2D eigenvalue weighted by Crippen LogP contribution is -2.53. The van der Waals surface area contributed by atoms with Crippen molar-refractivity contribution in [1.82, 2.24) is 14.9 Å². The number of hydrogen-bond donors (Lipinski definition) is 2. The van der Waals surface area contributed by atoms with Gasteiger partial charge in [-0.05, 0) is 76.1 Å². The molecule has 2 aromatic carbocycles. The van der Waals surface area contributed by atoms with E-state index in [2.05, 4.69) is 26.3 Å². The summed E-state index contributed by atoms with van der Waals surface area (Å²) < 4.78 is 45.9. The number of fused-ring (bicyclic) bond motifs is 4. The third-order valence-corrected chi connectivity index (χ3v) is 11.5. The first kappa shape index (κ1) is 34.3. The molecule has 0 bridgehead atoms. The minimum absolute atomic E-state index is 0.0215. The van der Waals surface area contributed by atoms with Crippen LogP contribution in [0.5, 0.6) is 11.5 Å². The molecule has 0 spiro atoms. The predicted molar refractivity (Wildman–Crippen MR) is 177 cm³/mol. The summed E-state index contributed by atoms with van der Waals surface area (Å²) in [6.07, 6.45) is -2.18. The average molecular weight is 794 g/mol. The Morgan fingerprint density at radius 1 is 1.04 bits per heavy atom. The lowest BCUT2D eigenvalue weighted by molar-refractivity contribution is -0.140. The number of rotatable bonds is 5. The first-order chi connectivity index (χ1) is 23.6. The van der Waals surface area contributed by atoms with E-state index in [-0.39, 0.29) is 40.5 Å². The Bertz CT molecular complexity index is 2030. The molecular weight excluding hydrogens is 768 g/mol. The van der Waals surface area contributed by atoms with Crippen LogP contribution in [0.1, 0.15) is 35.4 Å². The summed E-state index contributed by atoms with van der Waals surface area (Å²) in [5, 5.41) is 11.3. The molecule has 260 valence electrons. The Morgan fingerprint density at radius 3 is 2.38 bits per heavy atom. The van der Waals surface area contributed by atoms with Gasteiger partial charge < -0.3 is 9.84 Å². The number of likely N-dealkylation sites (tertiary alicyclic amines) is 1. The molecule has 7 rings (SSSR count). The van der Waals surface area contributed by atoms with Gasteiger partial charge in [-0.2, -0.15) is 18.2 Å². The molecule has 50 heavy (non-hydrogen) atoms. The van der Waals surface area contributed by atoms with Gasteiger partial charge in [0.15, 0.2) is 17.3 Å². The van der Waals surface area contributed by atoms with Gasteiger partial charge in [-0.25, -0.2) is 4.98 Å². The number of alkyl halides is 3. The molecule has 1 aromatic heterocycles. The molecule has 4 amide bonds. The van der Waals surface area contributed by atoms with Gasteiger partial charge in [0.2, 0.25) is 11.8 Å². The van der Waals surface area contributed by atoms with Crippen molar-refractivity contribution >= 4 is 68.6 Å². The van der Waals surface area contributed by atoms with Gasteiger partial charge in [-0.1, -0.05) is 47.0 Å². The maximum Gasteiger partial charge on any atom is 0.417 e. The SMILES string of the molecule is COc1cc([C@H]2C3=CC[C@@H]4C(=O)N(C)C(=O)[C@@H]4[C@@H]3C[C@H]3C(=O)N(Nc4ncc(C(F)(F)F)cc4Cl)C(=O)[C@@]23c2ccc(Cl)cc2)cc(Br)c1O. The Morgan fingerprint density at radius 2 is 1.74 bits per heavy atom. The zero-order chi connectivity index (χ0) is 36.0. The molecule has 4 aliphatic rings. The van der Waals surface area contributed by atoms with E-state index in [1.807, 2.05) is 6.08 Å². The fourth-order valence-corrected chi connectivity index (χ4v) is 9.03. The molecule has 2 aliphatic heterocycles. The number of pyridine rings is 1. The smallest absolute Gasteiger partial charge is 0.417 e. The average Bonchev–Trinajstić information content (AvgIpc) is 3.43. The van der Waals surface area contributed by atoms with Crippen LogP contribution in [0.15, 0.2) is 64.8 Å². The molecule has 3 aromatic rings. The maximum absolute atomic E-state index is 15.2. The van der Waals surface area contributed by atoms with Crippen molar-refractivity contribution in [3.05, 3.63) is 91.5 Å². The van der Waals surface area contributed by atoms with E-state index in [0.29, 0.717) is 39.0 Å². The molecule has 6 atom stereocenters. The van der Waals surface area contributed by atoms with Gasteiger partial charge in [0.1, 0.15) is 0 Å². The van der Waals surface area contributed by atoms with Crippen LogP contribution < -0.4 is 10.2 Å². The van der Waals surface area contributed by atoms with E-state index in [0.717, 1.165) is 4.90 Å². The maximum atomic E-state index is 15.2. The fourth-order valence-electron chi connectivity index (χ4n) is 8.23. The first-order valence-corrected chi connectivity index (χ1v) is 16.9. The number of nitrogens with one attached hydrogen (secondary N) is 1. The van der Waals surface area contributed by atoms with Gasteiger partial charge in [0, 0.05) is 24.2 Å². The van der Waals surface area contributed by atoms with Crippen LogP contribution in [0.4, 0.5) is 19.0 Å². The number of phenolic OH excluding ortho intramolecular Hbond substituents is 1. The lowest BCUT2D eigenvalue weighted by Gasteiger charge is -2.50. The van der Waals surface area contributed by atoms with Crippen LogP contribution in [0.2, 0.25) is 10.0 Å². The number of aromatic hydroxyl groups is 1. The van der Waals surface area contributed by atoms with Gasteiger partial charge >= 0.3 is 6.18 Å². The van der Waals surface area contributed by atoms with Gasteiger partial charge in [-0.15, -0.1) is 0 Å². The molecule has 2 saturated heterocycles. The summed E-state index contributed by atoms with van der Waals surface area (Å²) in [5.41, 5.74) is 1.20. The van der Waals surface area contributed by atoms with E-state index < -0.39 is 69.5 Å². The second-order valence-electron chi connectivity index (χ2n) is 12.7. The predicted octanol–water partition coefficient (Wildman–Crippen LogP) is 6.50. The molecule has 1 saturated carbocycles. The van der Waals surface area contributed by atoms with Gasteiger partial charge in [-0.3, -0.25) is 29.5 Å². The number of halogens is 6. The molecule has 2 N–H and O–H groups in total. The van der Waals surface area contributed by atoms with Crippen molar-refractivity contribution in [2.75, 3.05) is 19.6 Å². The normalized spacial score (nSPS) is 27.6. The number of imide groups is 2. The van der Waals surface area contributed by atoms with Crippen LogP contribution in [0.3, 0.4) is 0 Å². The number of carbonyl (C=O) groups is 4. The molecule has 16 heteroatoms. The van der Waals surface area contributed by atoms with Crippen LogP contribution in [-0.2, 0) is 30.8 Å². The second kappa shape index (κ2) is 12.0. The summed E-state index contributed by atoms with van der Waals surface area (Å²) in [7, 11) is 2.77. The monoisotopic (exact) mass is 792 g/mol. The third-order valence-electron chi connectivity index (χ3n) is 10.4. The van der Waals surface area contributed by atoms with E-state index in [9.17, 15) is 32.7 Å².